The van der Waals surface area contributed by atoms with Crippen LogP contribution < -0.4 is 0 Å². The van der Waals surface area contributed by atoms with Crippen LogP contribution >= 0.6 is 45.3 Å². The Morgan fingerprint density at radius 1 is 0.824 bits per heavy atom. The van der Waals surface area contributed by atoms with Gasteiger partial charge in [0.15, 0.2) is 0 Å². The van der Waals surface area contributed by atoms with Gasteiger partial charge < -0.3 is 9.69 Å². The first kappa shape index (κ1) is 21.2. The van der Waals surface area contributed by atoms with Gasteiger partial charge in [0.2, 0.25) is 10.0 Å². The molecule has 6 rings (SSSR count). The van der Waals surface area contributed by atoms with Crippen LogP contribution in [0.4, 0.5) is 10.0 Å². The molecule has 0 aromatic carbocycles. The van der Waals surface area contributed by atoms with Crippen molar-refractivity contribution >= 4 is 85.8 Å². The van der Waals surface area contributed by atoms with E-state index in [4.69, 9.17) is 23.7 Å². The van der Waals surface area contributed by atoms with Gasteiger partial charge >= 0.3 is 11.7 Å². The van der Waals surface area contributed by atoms with Gasteiger partial charge in [-0.2, -0.15) is 0 Å². The molecule has 4 aromatic rings. The Kier molecular flexibility index (Phi) is 4.88. The molecule has 4 heterocycles. The zero-order valence-electron chi connectivity index (χ0n) is 17.5. The monoisotopic (exact) mass is 512 g/mol. The van der Waals surface area contributed by atoms with Crippen LogP contribution in [0.25, 0.3) is 38.2 Å². The lowest BCUT2D eigenvalue weighted by Gasteiger charge is -2.34. The smallest absolute Gasteiger partial charge is 0.350 e. The summed E-state index contributed by atoms with van der Waals surface area (Å²) in [5.74, 6) is -0.276. The molecule has 0 saturated heterocycles. The van der Waals surface area contributed by atoms with Gasteiger partial charge in [-0.3, -0.25) is 0 Å². The predicted octanol–water partition coefficient (Wildman–Crippen LogP) is 8.42. The lowest BCUT2D eigenvalue weighted by molar-refractivity contribution is 0.356. The van der Waals surface area contributed by atoms with E-state index in [1.807, 2.05) is 18.2 Å². The van der Waals surface area contributed by atoms with Crippen LogP contribution in [-0.2, 0) is 5.41 Å². The maximum Gasteiger partial charge on any atom is 0.350 e. The van der Waals surface area contributed by atoms with Crippen molar-refractivity contribution in [2.75, 3.05) is 0 Å². The highest BCUT2D eigenvalue weighted by Crippen LogP contribution is 2.65. The third-order valence-corrected chi connectivity index (χ3v) is 11.4. The van der Waals surface area contributed by atoms with Gasteiger partial charge in [-0.15, -0.1) is 22.7 Å². The van der Waals surface area contributed by atoms with Crippen LogP contribution in [0.1, 0.15) is 43.2 Å². The number of nitriles is 2. The van der Waals surface area contributed by atoms with E-state index >= 15 is 0 Å². The van der Waals surface area contributed by atoms with Crippen molar-refractivity contribution in [3.05, 3.63) is 46.1 Å². The molecule has 1 spiro atoms. The number of fused-ring (bicyclic) bond motifs is 9. The van der Waals surface area contributed by atoms with E-state index in [0.29, 0.717) is 5.00 Å². The van der Waals surface area contributed by atoms with Gasteiger partial charge in [0.25, 0.3) is 0 Å². The summed E-state index contributed by atoms with van der Waals surface area (Å²) >= 11 is 6.71. The van der Waals surface area contributed by atoms with Crippen molar-refractivity contribution in [3.63, 3.8) is 0 Å². The number of amidine groups is 2. The summed E-state index contributed by atoms with van der Waals surface area (Å²) in [4.78, 5) is 17.5. The van der Waals surface area contributed by atoms with Crippen molar-refractivity contribution in [3.8, 4) is 21.9 Å². The first-order valence-electron chi connectivity index (χ1n) is 10.5. The molecule has 0 atom stereocenters. The highest BCUT2D eigenvalue weighted by atomic mass is 32.1. The standard InChI is InChI=1S/C24H12N6S4/c1-27-14(10-25)29-16-8-12-19(32-16)21-18(24(12)6-4-3-5-7-24)22-23(34-21)20-13(31-22)9-17(33-20)30-15(11-26)28-2/h8-9H,3-7H2. The summed E-state index contributed by atoms with van der Waals surface area (Å²) in [7, 11) is 0. The number of nitrogens with zero attached hydrogens (tertiary/aromatic N) is 6. The van der Waals surface area contributed by atoms with E-state index < -0.39 is 0 Å². The Balaban J connectivity index is 1.57. The predicted molar refractivity (Wildman–Crippen MR) is 141 cm³/mol. The van der Waals surface area contributed by atoms with Gasteiger partial charge in [0, 0.05) is 23.1 Å². The topological polar surface area (TPSA) is 81.0 Å². The normalized spacial score (nSPS) is 16.7. The van der Waals surface area contributed by atoms with Gasteiger partial charge in [-0.1, -0.05) is 65.1 Å². The maximum absolute atomic E-state index is 9.16. The van der Waals surface area contributed by atoms with Crippen molar-refractivity contribution in [1.29, 1.82) is 10.5 Å². The summed E-state index contributed by atoms with van der Waals surface area (Å²) in [5, 5.41) is 19.6. The van der Waals surface area contributed by atoms with Crippen molar-refractivity contribution in [2.45, 2.75) is 37.5 Å². The number of thiophene rings is 4. The zero-order valence-corrected chi connectivity index (χ0v) is 20.8. The third kappa shape index (κ3) is 2.91. The summed E-state index contributed by atoms with van der Waals surface area (Å²) in [6.45, 7) is 14.3. The molecule has 0 unspecified atom stereocenters. The molecule has 0 aliphatic heterocycles. The lowest BCUT2D eigenvalue weighted by Crippen LogP contribution is -2.27. The van der Waals surface area contributed by atoms with E-state index in [0.717, 1.165) is 22.5 Å². The van der Waals surface area contributed by atoms with Gasteiger partial charge in [-0.25, -0.2) is 10.5 Å². The summed E-state index contributed by atoms with van der Waals surface area (Å²) < 4.78 is 4.92. The summed E-state index contributed by atoms with van der Waals surface area (Å²) in [6, 6.07) is 7.82. The number of hydrogen-bond donors (Lipinski definition) is 0. The van der Waals surface area contributed by atoms with E-state index in [2.05, 4.69) is 25.7 Å². The molecule has 0 amide bonds. The second kappa shape index (κ2) is 7.84. The molecular formula is C24H12N6S4. The molecule has 0 bridgehead atoms. The highest BCUT2D eigenvalue weighted by molar-refractivity contribution is 7.41. The molecule has 10 heteroatoms. The molecule has 34 heavy (non-hydrogen) atoms. The van der Waals surface area contributed by atoms with Crippen LogP contribution in [-0.4, -0.2) is 11.7 Å². The molecule has 1 saturated carbocycles. The second-order valence-corrected chi connectivity index (χ2v) is 12.3. The largest absolute Gasteiger partial charge is 0.351 e. The van der Waals surface area contributed by atoms with Crippen molar-refractivity contribution in [2.24, 2.45) is 9.98 Å². The molecule has 0 N–H and O–H groups in total. The lowest BCUT2D eigenvalue weighted by atomic mass is 9.68. The summed E-state index contributed by atoms with van der Waals surface area (Å²) in [5.41, 5.74) is 2.74. The minimum atomic E-state index is -0.146. The van der Waals surface area contributed by atoms with Crippen molar-refractivity contribution < 1.29 is 0 Å². The zero-order chi connectivity index (χ0) is 23.4. The Labute approximate surface area is 211 Å². The van der Waals surface area contributed by atoms with Gasteiger partial charge in [-0.05, 0) is 18.4 Å². The fraction of sp³-hybridized carbons (Fsp3) is 0.250. The third-order valence-electron chi connectivity index (χ3n) is 6.44. The van der Waals surface area contributed by atoms with Crippen LogP contribution in [0.15, 0.2) is 22.1 Å². The first-order chi connectivity index (χ1) is 16.6. The average Bonchev–Trinajstić information content (AvgIpc) is 3.63. The van der Waals surface area contributed by atoms with E-state index in [-0.39, 0.29) is 17.1 Å². The highest BCUT2D eigenvalue weighted by Gasteiger charge is 2.48. The Hall–Kier alpha value is -3.38. The summed E-state index contributed by atoms with van der Waals surface area (Å²) in [6.07, 6.45) is 5.81. The number of rotatable bonds is 2. The van der Waals surface area contributed by atoms with Gasteiger partial charge in [0.05, 0.1) is 28.6 Å². The maximum atomic E-state index is 9.16. The molecular weight excluding hydrogens is 501 g/mol. The second-order valence-electron chi connectivity index (χ2n) is 8.13. The first-order valence-corrected chi connectivity index (χ1v) is 13.7. The molecule has 4 aromatic heterocycles. The van der Waals surface area contributed by atoms with Crippen LogP contribution in [0.3, 0.4) is 0 Å². The van der Waals surface area contributed by atoms with E-state index in [1.54, 1.807) is 34.0 Å². The SMILES string of the molecule is [C-]#[N+]C(C#N)=Nc1cc2c(s1)-c1sc3c(sc4cc(N=C(C#N)[N+]#[C-])sc43)c1C21CCCCC1. The minimum absolute atomic E-state index is 0.0254. The number of aliphatic imine (C=N–C) groups is 2. The fourth-order valence-corrected chi connectivity index (χ4v) is 10.7. The molecule has 0 radical (unpaired) electrons. The van der Waals surface area contributed by atoms with Crippen molar-refractivity contribution in [1.82, 2.24) is 0 Å². The quantitative estimate of drug-likeness (QED) is 0.153. The van der Waals surface area contributed by atoms with E-state index in [1.165, 1.54) is 65.6 Å². The fourth-order valence-electron chi connectivity index (χ4n) is 5.14. The molecule has 1 fully saturated rings. The molecule has 2 aliphatic carbocycles. The van der Waals surface area contributed by atoms with Crippen LogP contribution in [0.2, 0.25) is 0 Å². The molecule has 162 valence electrons. The average molecular weight is 513 g/mol. The van der Waals surface area contributed by atoms with E-state index in [9.17, 15) is 0 Å². The van der Waals surface area contributed by atoms with Crippen LogP contribution in [0, 0.1) is 35.8 Å². The Bertz CT molecular complexity index is 1710. The minimum Gasteiger partial charge on any atom is -0.351 e. The van der Waals surface area contributed by atoms with Crippen LogP contribution in [0.5, 0.6) is 0 Å². The Morgan fingerprint density at radius 2 is 1.50 bits per heavy atom. The van der Waals surface area contributed by atoms with Gasteiger partial charge in [0.1, 0.15) is 12.1 Å². The molecule has 2 aliphatic rings. The molecule has 6 nitrogen and oxygen atoms in total. The Morgan fingerprint density at radius 3 is 2.15 bits per heavy atom. The number of hydrogen-bond acceptors (Lipinski definition) is 8.